The number of fused-ring (bicyclic) bond motifs is 2. The van der Waals surface area contributed by atoms with Crippen LogP contribution >= 0.6 is 0 Å². The van der Waals surface area contributed by atoms with Gasteiger partial charge in [-0.15, -0.1) is 0 Å². The standard InChI is InChI=1S/C27H28FN3O3/c28-20-5-7-21(8-6-20)31-24-13-19-15-29-30-23(19)14-22(24)25(26(31)17-9-11-34-12-10-17)16-1-3-18(4-2-16)27(32)33/h5-8,13-18H,1-4,9-12H2,(H,29,30)(H,32,33)/t16-,18+. The Morgan fingerprint density at radius 1 is 1.03 bits per heavy atom. The fourth-order valence-corrected chi connectivity index (χ4v) is 6.07. The summed E-state index contributed by atoms with van der Waals surface area (Å²) in [6.07, 6.45) is 6.82. The Morgan fingerprint density at radius 2 is 1.76 bits per heavy atom. The molecule has 2 aromatic carbocycles. The summed E-state index contributed by atoms with van der Waals surface area (Å²) >= 11 is 0. The minimum Gasteiger partial charge on any atom is -0.481 e. The number of aromatic amines is 1. The number of carboxylic acids is 1. The molecule has 6 rings (SSSR count). The first-order chi connectivity index (χ1) is 16.6. The number of halogens is 1. The van der Waals surface area contributed by atoms with Gasteiger partial charge < -0.3 is 14.4 Å². The van der Waals surface area contributed by atoms with E-state index in [1.54, 1.807) is 0 Å². The van der Waals surface area contributed by atoms with E-state index in [1.807, 2.05) is 18.3 Å². The second kappa shape index (κ2) is 8.55. The quantitative estimate of drug-likeness (QED) is 0.397. The highest BCUT2D eigenvalue weighted by molar-refractivity contribution is 5.99. The summed E-state index contributed by atoms with van der Waals surface area (Å²) in [6.45, 7) is 1.46. The third kappa shape index (κ3) is 3.59. The second-order valence-electron chi connectivity index (χ2n) is 9.71. The van der Waals surface area contributed by atoms with Crippen molar-refractivity contribution >= 4 is 27.8 Å². The maximum absolute atomic E-state index is 13.8. The molecule has 0 unspecified atom stereocenters. The van der Waals surface area contributed by atoms with Crippen molar-refractivity contribution in [1.29, 1.82) is 0 Å². The number of H-pyrrole nitrogens is 1. The highest BCUT2D eigenvalue weighted by Crippen LogP contribution is 2.47. The Labute approximate surface area is 196 Å². The first kappa shape index (κ1) is 21.4. The highest BCUT2D eigenvalue weighted by Gasteiger charge is 2.34. The largest absolute Gasteiger partial charge is 0.481 e. The van der Waals surface area contributed by atoms with Gasteiger partial charge in [0, 0.05) is 41.3 Å². The number of aliphatic carboxylic acids is 1. The van der Waals surface area contributed by atoms with E-state index in [0.717, 1.165) is 61.0 Å². The van der Waals surface area contributed by atoms with E-state index in [0.29, 0.717) is 18.8 Å². The Hall–Kier alpha value is -3.19. The van der Waals surface area contributed by atoms with Gasteiger partial charge in [0.05, 0.1) is 23.1 Å². The Balaban J connectivity index is 1.60. The molecule has 2 aromatic heterocycles. The van der Waals surface area contributed by atoms with Gasteiger partial charge in [-0.2, -0.15) is 5.10 Å². The predicted octanol–water partition coefficient (Wildman–Crippen LogP) is 5.90. The third-order valence-corrected chi connectivity index (χ3v) is 7.78. The number of nitrogens with zero attached hydrogens (tertiary/aromatic N) is 2. The predicted molar refractivity (Wildman–Crippen MR) is 128 cm³/mol. The van der Waals surface area contributed by atoms with Crippen LogP contribution < -0.4 is 0 Å². The molecule has 2 aliphatic rings. The topological polar surface area (TPSA) is 80.1 Å². The fraction of sp³-hybridized carbons (Fsp3) is 0.407. The van der Waals surface area contributed by atoms with Gasteiger partial charge in [0.15, 0.2) is 0 Å². The van der Waals surface area contributed by atoms with Crippen LogP contribution in [0.2, 0.25) is 0 Å². The molecular formula is C27H28FN3O3. The van der Waals surface area contributed by atoms with Crippen LogP contribution in [0.1, 0.15) is 61.6 Å². The number of benzene rings is 2. The summed E-state index contributed by atoms with van der Waals surface area (Å²) in [7, 11) is 0. The lowest BCUT2D eigenvalue weighted by molar-refractivity contribution is -0.142. The lowest BCUT2D eigenvalue weighted by Gasteiger charge is -2.30. The van der Waals surface area contributed by atoms with Gasteiger partial charge in [0.25, 0.3) is 0 Å². The third-order valence-electron chi connectivity index (χ3n) is 7.78. The maximum Gasteiger partial charge on any atom is 0.306 e. The second-order valence-corrected chi connectivity index (χ2v) is 9.71. The van der Waals surface area contributed by atoms with Crippen LogP contribution in [0.5, 0.6) is 0 Å². The van der Waals surface area contributed by atoms with Crippen molar-refractivity contribution in [2.45, 2.75) is 50.4 Å². The molecule has 0 spiro atoms. The molecule has 6 nitrogen and oxygen atoms in total. The van der Waals surface area contributed by atoms with E-state index in [1.165, 1.54) is 28.8 Å². The molecule has 2 N–H and O–H groups in total. The molecule has 1 aliphatic carbocycles. The number of nitrogens with one attached hydrogen (secondary N) is 1. The zero-order chi connectivity index (χ0) is 23.2. The van der Waals surface area contributed by atoms with Crippen molar-refractivity contribution in [3.63, 3.8) is 0 Å². The molecule has 176 valence electrons. The minimum absolute atomic E-state index is 0.253. The molecule has 0 bridgehead atoms. The molecule has 0 radical (unpaired) electrons. The number of aromatic nitrogens is 3. The highest BCUT2D eigenvalue weighted by atomic mass is 19.1. The molecule has 1 saturated heterocycles. The van der Waals surface area contributed by atoms with Crippen molar-refractivity contribution in [2.75, 3.05) is 13.2 Å². The molecule has 2 fully saturated rings. The number of carbonyl (C=O) groups is 1. The Bertz CT molecular complexity index is 1340. The van der Waals surface area contributed by atoms with E-state index in [9.17, 15) is 14.3 Å². The average Bonchev–Trinajstić information content (AvgIpc) is 3.45. The van der Waals surface area contributed by atoms with E-state index in [2.05, 4.69) is 26.9 Å². The zero-order valence-electron chi connectivity index (χ0n) is 19.0. The summed E-state index contributed by atoms with van der Waals surface area (Å²) in [5.41, 5.74) is 5.64. The SMILES string of the molecule is O=C(O)[C@H]1CC[C@@H](c2c(C3CCOCC3)n(-c3ccc(F)cc3)c3cc4cn[nH]c4cc32)CC1. The Kier molecular flexibility index (Phi) is 5.37. The molecule has 7 heteroatoms. The molecule has 3 heterocycles. The number of carboxylic acid groups (broad SMARTS) is 1. The van der Waals surface area contributed by atoms with Crippen LogP contribution in [0, 0.1) is 11.7 Å². The van der Waals surface area contributed by atoms with Gasteiger partial charge in [-0.25, -0.2) is 4.39 Å². The number of ether oxygens (including phenoxy) is 1. The van der Waals surface area contributed by atoms with Crippen molar-refractivity contribution in [3.8, 4) is 5.69 Å². The van der Waals surface area contributed by atoms with Gasteiger partial charge in [0.1, 0.15) is 5.82 Å². The van der Waals surface area contributed by atoms with Gasteiger partial charge in [-0.1, -0.05) is 0 Å². The lowest BCUT2D eigenvalue weighted by Crippen LogP contribution is -2.23. The molecule has 0 atom stereocenters. The summed E-state index contributed by atoms with van der Waals surface area (Å²) in [5, 5.41) is 19.1. The maximum atomic E-state index is 13.8. The van der Waals surface area contributed by atoms with E-state index >= 15 is 0 Å². The molecule has 1 saturated carbocycles. The summed E-state index contributed by atoms with van der Waals surface area (Å²) in [4.78, 5) is 11.6. The molecule has 34 heavy (non-hydrogen) atoms. The van der Waals surface area contributed by atoms with Crippen LogP contribution in [0.25, 0.3) is 27.5 Å². The smallest absolute Gasteiger partial charge is 0.306 e. The number of hydrogen-bond acceptors (Lipinski definition) is 3. The van der Waals surface area contributed by atoms with Crippen LogP contribution in [0.15, 0.2) is 42.6 Å². The van der Waals surface area contributed by atoms with E-state index in [-0.39, 0.29) is 17.7 Å². The fourth-order valence-electron chi connectivity index (χ4n) is 6.07. The van der Waals surface area contributed by atoms with Gasteiger partial charge >= 0.3 is 5.97 Å². The number of rotatable bonds is 4. The van der Waals surface area contributed by atoms with Crippen molar-refractivity contribution < 1.29 is 19.0 Å². The Morgan fingerprint density at radius 3 is 2.47 bits per heavy atom. The lowest BCUT2D eigenvalue weighted by atomic mass is 9.76. The molecule has 0 amide bonds. The normalized spacial score (nSPS) is 21.9. The average molecular weight is 462 g/mol. The molecular weight excluding hydrogens is 433 g/mol. The zero-order valence-corrected chi connectivity index (χ0v) is 19.0. The van der Waals surface area contributed by atoms with E-state index < -0.39 is 5.97 Å². The number of hydrogen-bond donors (Lipinski definition) is 2. The van der Waals surface area contributed by atoms with Gasteiger partial charge in [-0.3, -0.25) is 9.89 Å². The monoisotopic (exact) mass is 461 g/mol. The van der Waals surface area contributed by atoms with Crippen molar-refractivity contribution in [1.82, 2.24) is 14.8 Å². The minimum atomic E-state index is -0.684. The van der Waals surface area contributed by atoms with Crippen molar-refractivity contribution in [2.24, 2.45) is 5.92 Å². The summed E-state index contributed by atoms with van der Waals surface area (Å²) < 4.78 is 21.9. The molecule has 4 aromatic rings. The van der Waals surface area contributed by atoms with E-state index in [4.69, 9.17) is 4.74 Å². The van der Waals surface area contributed by atoms with Gasteiger partial charge in [0.2, 0.25) is 0 Å². The van der Waals surface area contributed by atoms with Crippen LogP contribution in [-0.2, 0) is 9.53 Å². The van der Waals surface area contributed by atoms with Gasteiger partial charge in [-0.05, 0) is 86.4 Å². The van der Waals surface area contributed by atoms with Crippen molar-refractivity contribution in [3.05, 3.63) is 59.7 Å². The van der Waals surface area contributed by atoms with Crippen LogP contribution in [-0.4, -0.2) is 39.1 Å². The first-order valence-corrected chi connectivity index (χ1v) is 12.2. The van der Waals surface area contributed by atoms with Crippen LogP contribution in [0.3, 0.4) is 0 Å². The summed E-state index contributed by atoms with van der Waals surface area (Å²) in [5.74, 6) is -0.575. The first-order valence-electron chi connectivity index (χ1n) is 12.2. The summed E-state index contributed by atoms with van der Waals surface area (Å²) in [6, 6.07) is 11.1. The van der Waals surface area contributed by atoms with Crippen LogP contribution in [0.4, 0.5) is 4.39 Å². The molecule has 1 aliphatic heterocycles.